The molecule has 2 aromatic heterocycles. The third-order valence-corrected chi connectivity index (χ3v) is 6.79. The number of anilines is 2. The van der Waals surface area contributed by atoms with E-state index in [0.29, 0.717) is 25.0 Å². The van der Waals surface area contributed by atoms with Crippen molar-refractivity contribution in [2.75, 3.05) is 38.1 Å². The van der Waals surface area contributed by atoms with E-state index in [4.69, 9.17) is 4.74 Å². The van der Waals surface area contributed by atoms with Crippen molar-refractivity contribution >= 4 is 17.7 Å². The molecular formula is C21H29FN8O2. The largest absolute Gasteiger partial charge is 0.464 e. The van der Waals surface area contributed by atoms with Crippen molar-refractivity contribution in [3.63, 3.8) is 0 Å². The molecule has 172 valence electrons. The molecule has 0 bridgehead atoms. The molecule has 11 heteroatoms. The maximum Gasteiger partial charge on any atom is 0.321 e. The van der Waals surface area contributed by atoms with Crippen molar-refractivity contribution in [3.8, 4) is 6.01 Å². The van der Waals surface area contributed by atoms with Crippen molar-refractivity contribution in [1.29, 1.82) is 0 Å². The highest BCUT2D eigenvalue weighted by Crippen LogP contribution is 2.42. The number of aromatic amines is 1. The number of nitrogens with one attached hydrogen (secondary N) is 2. The summed E-state index contributed by atoms with van der Waals surface area (Å²) in [6.07, 6.45) is 3.42. The lowest BCUT2D eigenvalue weighted by molar-refractivity contribution is 0.0712. The van der Waals surface area contributed by atoms with Crippen LogP contribution in [0.4, 0.5) is 20.8 Å². The zero-order valence-electron chi connectivity index (χ0n) is 18.7. The molecule has 3 aliphatic heterocycles. The van der Waals surface area contributed by atoms with Crippen LogP contribution in [0.3, 0.4) is 0 Å². The summed E-state index contributed by atoms with van der Waals surface area (Å²) in [6.45, 7) is 10.2. The van der Waals surface area contributed by atoms with E-state index < -0.39 is 11.4 Å². The molecule has 2 N–H and O–H groups in total. The van der Waals surface area contributed by atoms with Crippen LogP contribution in [0, 0.1) is 5.82 Å². The van der Waals surface area contributed by atoms with Crippen molar-refractivity contribution in [3.05, 3.63) is 23.3 Å². The average molecular weight is 445 g/mol. The van der Waals surface area contributed by atoms with Gasteiger partial charge in [-0.1, -0.05) is 0 Å². The Morgan fingerprint density at radius 1 is 1.34 bits per heavy atom. The maximum atomic E-state index is 14.3. The minimum absolute atomic E-state index is 0.0160. The van der Waals surface area contributed by atoms with E-state index in [1.807, 2.05) is 23.6 Å². The standard InChI is InChI=1S/C21H29FN8O2/c1-4-32-19-23-10-15(22)18(25-19)24-17-14-12-30(21(2,3)16(14)26-27-17)20(31)29-9-8-28-7-5-6-13(28)11-29/h10,13H,4-9,11-12H2,1-3H3,(H2,23,24,25,26,27)/t13-/m1/s1. The molecule has 0 unspecified atom stereocenters. The molecule has 5 rings (SSSR count). The Balaban J connectivity index is 1.36. The SMILES string of the molecule is CCOc1ncc(F)c(Nc2n[nH]c3c2CN(C(=O)N2CCN4CCC[C@@H]4C2)C3(C)C)n1. The van der Waals surface area contributed by atoms with Gasteiger partial charge < -0.3 is 19.9 Å². The fourth-order valence-corrected chi connectivity index (χ4v) is 5.01. The summed E-state index contributed by atoms with van der Waals surface area (Å²) in [5.41, 5.74) is 1.11. The van der Waals surface area contributed by atoms with Crippen molar-refractivity contribution < 1.29 is 13.9 Å². The van der Waals surface area contributed by atoms with Crippen LogP contribution >= 0.6 is 0 Å². The quantitative estimate of drug-likeness (QED) is 0.747. The number of halogens is 1. The highest BCUT2D eigenvalue weighted by molar-refractivity contribution is 5.78. The predicted molar refractivity (Wildman–Crippen MR) is 115 cm³/mol. The topological polar surface area (TPSA) is 103 Å². The van der Waals surface area contributed by atoms with Gasteiger partial charge in [0.2, 0.25) is 0 Å². The first kappa shape index (κ1) is 20.9. The van der Waals surface area contributed by atoms with Gasteiger partial charge in [-0.25, -0.2) is 14.2 Å². The number of piperazine rings is 1. The van der Waals surface area contributed by atoms with Crippen molar-refractivity contribution in [2.24, 2.45) is 0 Å². The maximum absolute atomic E-state index is 14.3. The van der Waals surface area contributed by atoms with E-state index >= 15 is 0 Å². The van der Waals surface area contributed by atoms with Gasteiger partial charge in [-0.3, -0.25) is 10.00 Å². The molecule has 32 heavy (non-hydrogen) atoms. The van der Waals surface area contributed by atoms with E-state index in [0.717, 1.165) is 50.1 Å². The Bertz CT molecular complexity index is 1030. The lowest BCUT2D eigenvalue weighted by Gasteiger charge is -2.42. The molecule has 2 amide bonds. The summed E-state index contributed by atoms with van der Waals surface area (Å²) < 4.78 is 19.6. The van der Waals surface area contributed by atoms with Crippen molar-refractivity contribution in [2.45, 2.75) is 51.7 Å². The molecule has 2 saturated heterocycles. The minimum atomic E-state index is -0.607. The van der Waals surface area contributed by atoms with Crippen LogP contribution in [0.5, 0.6) is 6.01 Å². The number of urea groups is 1. The number of H-pyrrole nitrogens is 1. The second-order valence-corrected chi connectivity index (χ2v) is 9.04. The zero-order chi connectivity index (χ0) is 22.5. The summed E-state index contributed by atoms with van der Waals surface area (Å²) in [5, 5.41) is 10.3. The Morgan fingerprint density at radius 2 is 2.19 bits per heavy atom. The van der Waals surface area contributed by atoms with Crippen molar-refractivity contribution in [1.82, 2.24) is 34.9 Å². The van der Waals surface area contributed by atoms with Crippen LogP contribution in [0.2, 0.25) is 0 Å². The third-order valence-electron chi connectivity index (χ3n) is 6.79. The highest BCUT2D eigenvalue weighted by atomic mass is 19.1. The van der Waals surface area contributed by atoms with E-state index in [1.54, 1.807) is 6.92 Å². The van der Waals surface area contributed by atoms with Gasteiger partial charge in [-0.05, 0) is 40.2 Å². The number of fused-ring (bicyclic) bond motifs is 2. The van der Waals surface area contributed by atoms with Gasteiger partial charge >= 0.3 is 12.0 Å². The van der Waals surface area contributed by atoms with E-state index in [-0.39, 0.29) is 17.9 Å². The van der Waals surface area contributed by atoms with Gasteiger partial charge in [0, 0.05) is 31.2 Å². The summed E-state index contributed by atoms with van der Waals surface area (Å²) in [4.78, 5) is 27.7. The second-order valence-electron chi connectivity index (χ2n) is 9.04. The first-order valence-electron chi connectivity index (χ1n) is 11.2. The normalized spacial score (nSPS) is 22.1. The lowest BCUT2D eigenvalue weighted by Crippen LogP contribution is -2.57. The minimum Gasteiger partial charge on any atom is -0.464 e. The van der Waals surface area contributed by atoms with Crippen LogP contribution in [-0.4, -0.2) is 79.7 Å². The molecule has 0 radical (unpaired) electrons. The molecule has 2 aromatic rings. The molecule has 1 atom stereocenters. The van der Waals surface area contributed by atoms with Crippen LogP contribution in [0.25, 0.3) is 0 Å². The number of nitrogens with zero attached hydrogens (tertiary/aromatic N) is 6. The third kappa shape index (κ3) is 3.44. The molecule has 5 heterocycles. The summed E-state index contributed by atoms with van der Waals surface area (Å²) >= 11 is 0. The van der Waals surface area contributed by atoms with Crippen LogP contribution in [0.15, 0.2) is 6.20 Å². The first-order chi connectivity index (χ1) is 15.4. The highest BCUT2D eigenvalue weighted by Gasteiger charge is 2.46. The Labute approximate surface area is 186 Å². The van der Waals surface area contributed by atoms with Crippen LogP contribution in [-0.2, 0) is 12.1 Å². The Morgan fingerprint density at radius 3 is 3.00 bits per heavy atom. The second kappa shape index (κ2) is 7.88. The van der Waals surface area contributed by atoms with Gasteiger partial charge in [-0.2, -0.15) is 10.1 Å². The number of amides is 2. The number of rotatable bonds is 4. The van der Waals surface area contributed by atoms with Gasteiger partial charge in [0.05, 0.1) is 30.6 Å². The van der Waals surface area contributed by atoms with Gasteiger partial charge in [-0.15, -0.1) is 0 Å². The zero-order valence-corrected chi connectivity index (χ0v) is 18.7. The summed E-state index contributed by atoms with van der Waals surface area (Å²) in [6, 6.07) is 0.589. The van der Waals surface area contributed by atoms with Gasteiger partial charge in [0.15, 0.2) is 17.5 Å². The van der Waals surface area contributed by atoms with Crippen LogP contribution < -0.4 is 10.1 Å². The Hall–Kier alpha value is -2.95. The molecule has 3 aliphatic rings. The molecule has 0 spiro atoms. The molecule has 0 saturated carbocycles. The number of carbonyl (C=O) groups excluding carboxylic acids is 1. The first-order valence-corrected chi connectivity index (χ1v) is 11.2. The van der Waals surface area contributed by atoms with E-state index in [9.17, 15) is 9.18 Å². The van der Waals surface area contributed by atoms with Gasteiger partial charge in [0.1, 0.15) is 0 Å². The number of carbonyl (C=O) groups is 1. The summed E-state index contributed by atoms with van der Waals surface area (Å²) in [7, 11) is 0. The predicted octanol–water partition coefficient (Wildman–Crippen LogP) is 2.43. The monoisotopic (exact) mass is 444 g/mol. The van der Waals surface area contributed by atoms with Crippen LogP contribution in [0.1, 0.15) is 44.9 Å². The number of hydrogen-bond acceptors (Lipinski definition) is 7. The molecule has 2 fully saturated rings. The Kier molecular flexibility index (Phi) is 5.15. The number of hydrogen-bond donors (Lipinski definition) is 2. The number of aromatic nitrogens is 4. The molecule has 10 nitrogen and oxygen atoms in total. The summed E-state index contributed by atoms with van der Waals surface area (Å²) in [5.74, 6) is -0.174. The number of ether oxygens (including phenoxy) is 1. The molecule has 0 aromatic carbocycles. The fraction of sp³-hybridized carbons (Fsp3) is 0.619. The van der Waals surface area contributed by atoms with Gasteiger partial charge in [0.25, 0.3) is 0 Å². The smallest absolute Gasteiger partial charge is 0.321 e. The average Bonchev–Trinajstić information content (AvgIpc) is 3.46. The molecule has 0 aliphatic carbocycles. The van der Waals surface area contributed by atoms with E-state index in [1.165, 1.54) is 6.42 Å². The fourth-order valence-electron chi connectivity index (χ4n) is 5.01. The van der Waals surface area contributed by atoms with E-state index in [2.05, 4.69) is 30.4 Å². The lowest BCUT2D eigenvalue weighted by atomic mass is 10.0. The molecular weight excluding hydrogens is 415 g/mol.